The Morgan fingerprint density at radius 3 is 1.88 bits per heavy atom. The predicted octanol–water partition coefficient (Wildman–Crippen LogP) is 3.41. The molecular formula is C13H27N2O. The van der Waals surface area contributed by atoms with Crippen LogP contribution >= 0.6 is 0 Å². The minimum Gasteiger partial charge on any atom is -0.323 e. The number of carbonyl (C=O) groups is 1. The summed E-state index contributed by atoms with van der Waals surface area (Å²) in [6.45, 7) is 8.83. The van der Waals surface area contributed by atoms with Crippen molar-refractivity contribution in [3.8, 4) is 0 Å². The standard InChI is InChI=1S/C13H27N2O/c1-4-7-10-14-13(16)15(11-8-5-2)12-9-6-3/h4-12H2,1-3H3. The molecule has 0 N–H and O–H groups in total. The van der Waals surface area contributed by atoms with Crippen molar-refractivity contribution in [2.75, 3.05) is 19.6 Å². The van der Waals surface area contributed by atoms with Crippen LogP contribution in [0.3, 0.4) is 0 Å². The normalized spacial score (nSPS) is 10.2. The smallest absolute Gasteiger partial charge is 0.323 e. The van der Waals surface area contributed by atoms with E-state index in [1.807, 2.05) is 4.90 Å². The summed E-state index contributed by atoms with van der Waals surface area (Å²) < 4.78 is 0. The average Bonchev–Trinajstić information content (AvgIpc) is 2.29. The molecule has 3 heteroatoms. The second kappa shape index (κ2) is 10.8. The van der Waals surface area contributed by atoms with Crippen LogP contribution in [0.25, 0.3) is 0 Å². The second-order valence-electron chi connectivity index (χ2n) is 4.21. The van der Waals surface area contributed by atoms with Gasteiger partial charge in [-0.05, 0) is 19.3 Å². The molecule has 95 valence electrons. The molecule has 0 bridgehead atoms. The van der Waals surface area contributed by atoms with Crippen LogP contribution in [0, 0.1) is 0 Å². The van der Waals surface area contributed by atoms with Gasteiger partial charge in [0.05, 0.1) is 0 Å². The highest BCUT2D eigenvalue weighted by Gasteiger charge is 2.12. The Kier molecular flexibility index (Phi) is 10.3. The molecule has 0 fully saturated rings. The molecule has 0 aliphatic heterocycles. The van der Waals surface area contributed by atoms with Gasteiger partial charge in [0.15, 0.2) is 0 Å². The van der Waals surface area contributed by atoms with Crippen molar-refractivity contribution in [3.63, 3.8) is 0 Å². The first-order valence-corrected chi connectivity index (χ1v) is 6.72. The van der Waals surface area contributed by atoms with Gasteiger partial charge in [-0.1, -0.05) is 40.0 Å². The molecule has 2 amide bonds. The minimum atomic E-state index is -0.00431. The quantitative estimate of drug-likeness (QED) is 0.556. The first-order chi connectivity index (χ1) is 7.76. The van der Waals surface area contributed by atoms with E-state index in [4.69, 9.17) is 0 Å². The van der Waals surface area contributed by atoms with Crippen molar-refractivity contribution < 1.29 is 4.79 Å². The molecule has 0 aliphatic rings. The number of rotatable bonds is 9. The zero-order valence-corrected chi connectivity index (χ0v) is 11.2. The maximum Gasteiger partial charge on any atom is 0.338 e. The van der Waals surface area contributed by atoms with Crippen LogP contribution in [0.1, 0.15) is 59.3 Å². The highest BCUT2D eigenvalue weighted by molar-refractivity contribution is 5.73. The van der Waals surface area contributed by atoms with Gasteiger partial charge >= 0.3 is 6.03 Å². The summed E-state index contributed by atoms with van der Waals surface area (Å²) in [7, 11) is 0. The van der Waals surface area contributed by atoms with Gasteiger partial charge < -0.3 is 4.90 Å². The second-order valence-corrected chi connectivity index (χ2v) is 4.21. The zero-order valence-electron chi connectivity index (χ0n) is 11.2. The molecule has 16 heavy (non-hydrogen) atoms. The van der Waals surface area contributed by atoms with Gasteiger partial charge in [0.25, 0.3) is 0 Å². The van der Waals surface area contributed by atoms with Gasteiger partial charge in [-0.25, -0.2) is 10.1 Å². The Labute approximate surface area is 101 Å². The van der Waals surface area contributed by atoms with Crippen LogP contribution in [0.15, 0.2) is 0 Å². The average molecular weight is 227 g/mol. The van der Waals surface area contributed by atoms with E-state index >= 15 is 0 Å². The Bertz CT molecular complexity index is 163. The highest BCUT2D eigenvalue weighted by atomic mass is 16.2. The lowest BCUT2D eigenvalue weighted by Crippen LogP contribution is -2.37. The summed E-state index contributed by atoms with van der Waals surface area (Å²) >= 11 is 0. The number of urea groups is 1. The molecule has 0 atom stereocenters. The monoisotopic (exact) mass is 227 g/mol. The van der Waals surface area contributed by atoms with E-state index in [-0.39, 0.29) is 6.03 Å². The lowest BCUT2D eigenvalue weighted by atomic mass is 10.3. The molecule has 0 saturated carbocycles. The maximum absolute atomic E-state index is 11.8. The number of hydrogen-bond donors (Lipinski definition) is 0. The van der Waals surface area contributed by atoms with Crippen molar-refractivity contribution in [2.45, 2.75) is 59.3 Å². The number of unbranched alkanes of at least 4 members (excludes halogenated alkanes) is 3. The molecule has 0 saturated heterocycles. The summed E-state index contributed by atoms with van der Waals surface area (Å²) in [4.78, 5) is 13.7. The fourth-order valence-corrected chi connectivity index (χ4v) is 1.43. The van der Waals surface area contributed by atoms with Crippen molar-refractivity contribution in [3.05, 3.63) is 0 Å². The zero-order chi connectivity index (χ0) is 12.2. The lowest BCUT2D eigenvalue weighted by molar-refractivity contribution is 0.195. The van der Waals surface area contributed by atoms with Crippen molar-refractivity contribution >= 4 is 6.03 Å². The Morgan fingerprint density at radius 2 is 1.44 bits per heavy atom. The van der Waals surface area contributed by atoms with E-state index < -0.39 is 0 Å². The van der Waals surface area contributed by atoms with Gasteiger partial charge in [-0.3, -0.25) is 0 Å². The summed E-state index contributed by atoms with van der Waals surface area (Å²) in [5.41, 5.74) is 0. The first kappa shape index (κ1) is 15.3. The fraction of sp³-hybridized carbons (Fsp3) is 0.923. The topological polar surface area (TPSA) is 34.4 Å². The first-order valence-electron chi connectivity index (χ1n) is 6.72. The summed E-state index contributed by atoms with van der Waals surface area (Å²) in [5.74, 6) is 0. The lowest BCUT2D eigenvalue weighted by Gasteiger charge is -2.21. The van der Waals surface area contributed by atoms with E-state index in [0.717, 1.165) is 51.6 Å². The Morgan fingerprint density at radius 1 is 0.938 bits per heavy atom. The van der Waals surface area contributed by atoms with E-state index in [2.05, 4.69) is 26.1 Å². The molecule has 0 rings (SSSR count). The van der Waals surface area contributed by atoms with Gasteiger partial charge in [0.1, 0.15) is 0 Å². The molecule has 3 nitrogen and oxygen atoms in total. The summed E-state index contributed by atoms with van der Waals surface area (Å²) in [5, 5.41) is 4.11. The fourth-order valence-electron chi connectivity index (χ4n) is 1.43. The van der Waals surface area contributed by atoms with Gasteiger partial charge in [-0.15, -0.1) is 0 Å². The molecule has 0 aliphatic carbocycles. The molecule has 0 aromatic rings. The Balaban J connectivity index is 3.88. The van der Waals surface area contributed by atoms with E-state index in [0.29, 0.717) is 6.54 Å². The molecule has 0 aromatic heterocycles. The van der Waals surface area contributed by atoms with Gasteiger partial charge in [0, 0.05) is 19.6 Å². The van der Waals surface area contributed by atoms with Crippen LogP contribution in [-0.2, 0) is 0 Å². The highest BCUT2D eigenvalue weighted by Crippen LogP contribution is 2.00. The Hall–Kier alpha value is -0.730. The van der Waals surface area contributed by atoms with Crippen molar-refractivity contribution in [2.24, 2.45) is 0 Å². The van der Waals surface area contributed by atoms with E-state index in [1.165, 1.54) is 0 Å². The molecule has 0 aromatic carbocycles. The van der Waals surface area contributed by atoms with Crippen molar-refractivity contribution in [1.82, 2.24) is 10.2 Å². The van der Waals surface area contributed by atoms with E-state index in [9.17, 15) is 4.79 Å². The number of nitrogens with zero attached hydrogens (tertiary/aromatic N) is 2. The summed E-state index contributed by atoms with van der Waals surface area (Å²) in [6.07, 6.45) is 6.54. The number of hydrogen-bond acceptors (Lipinski definition) is 1. The SMILES string of the molecule is CCCC[N]C(=O)N(CCCC)CCCC. The van der Waals surface area contributed by atoms with Crippen LogP contribution in [-0.4, -0.2) is 30.6 Å². The molecular weight excluding hydrogens is 200 g/mol. The number of amides is 2. The van der Waals surface area contributed by atoms with Gasteiger partial charge in [-0.2, -0.15) is 0 Å². The third-order valence-corrected chi connectivity index (χ3v) is 2.59. The molecule has 0 heterocycles. The molecule has 0 unspecified atom stereocenters. The van der Waals surface area contributed by atoms with Crippen molar-refractivity contribution in [1.29, 1.82) is 0 Å². The number of carbonyl (C=O) groups excluding carboxylic acids is 1. The molecule has 1 radical (unpaired) electrons. The largest absolute Gasteiger partial charge is 0.338 e. The molecule has 0 spiro atoms. The van der Waals surface area contributed by atoms with Crippen LogP contribution in [0.4, 0.5) is 4.79 Å². The van der Waals surface area contributed by atoms with Gasteiger partial charge in [0.2, 0.25) is 0 Å². The minimum absolute atomic E-state index is 0.00431. The summed E-state index contributed by atoms with van der Waals surface area (Å²) in [6, 6.07) is -0.00431. The third kappa shape index (κ3) is 7.55. The predicted molar refractivity (Wildman–Crippen MR) is 68.7 cm³/mol. The van der Waals surface area contributed by atoms with Crippen LogP contribution in [0.2, 0.25) is 0 Å². The third-order valence-electron chi connectivity index (χ3n) is 2.59. The van der Waals surface area contributed by atoms with Crippen LogP contribution < -0.4 is 5.32 Å². The maximum atomic E-state index is 11.8. The van der Waals surface area contributed by atoms with Crippen LogP contribution in [0.5, 0.6) is 0 Å². The van der Waals surface area contributed by atoms with E-state index in [1.54, 1.807) is 0 Å².